The van der Waals surface area contributed by atoms with Crippen LogP contribution in [0.1, 0.15) is 34.1 Å². The van der Waals surface area contributed by atoms with Gasteiger partial charge in [0.2, 0.25) is 5.91 Å². The number of rotatable bonds is 9. The largest absolute Gasteiger partial charge is 0.377 e. The Balaban J connectivity index is 2.14. The van der Waals surface area contributed by atoms with E-state index in [0.29, 0.717) is 24.7 Å². The van der Waals surface area contributed by atoms with E-state index in [2.05, 4.69) is 33.0 Å². The van der Waals surface area contributed by atoms with Crippen LogP contribution in [0.4, 0.5) is 0 Å². The zero-order valence-corrected chi connectivity index (χ0v) is 12.6. The molecule has 0 heterocycles. The number of nitrogens with one attached hydrogen (secondary N) is 1. The average molecular weight is 272 g/mol. The van der Waals surface area contributed by atoms with E-state index in [0.717, 1.165) is 19.6 Å². The van der Waals surface area contributed by atoms with Gasteiger partial charge in [0.05, 0.1) is 12.7 Å². The number of carbonyl (C=O) groups excluding carboxylic acids is 1. The van der Waals surface area contributed by atoms with E-state index in [1.807, 2.05) is 0 Å². The first-order valence-corrected chi connectivity index (χ1v) is 7.05. The van der Waals surface area contributed by atoms with E-state index in [9.17, 15) is 4.79 Å². The van der Waals surface area contributed by atoms with Crippen LogP contribution in [-0.2, 0) is 14.3 Å². The van der Waals surface area contributed by atoms with Crippen molar-refractivity contribution >= 4 is 5.91 Å². The summed E-state index contributed by atoms with van der Waals surface area (Å²) in [6.07, 6.45) is 1.37. The molecule has 112 valence electrons. The van der Waals surface area contributed by atoms with Gasteiger partial charge in [0.1, 0.15) is 6.61 Å². The van der Waals surface area contributed by atoms with Gasteiger partial charge in [0.15, 0.2) is 0 Å². The highest BCUT2D eigenvalue weighted by Gasteiger charge is 2.48. The summed E-state index contributed by atoms with van der Waals surface area (Å²) in [6.45, 7) is 10.8. The fraction of sp³-hybridized carbons (Fsp3) is 0.929. The molecule has 19 heavy (non-hydrogen) atoms. The predicted octanol–water partition coefficient (Wildman–Crippen LogP) is 0.918. The van der Waals surface area contributed by atoms with Gasteiger partial charge in [0, 0.05) is 24.6 Å². The Morgan fingerprint density at radius 3 is 2.68 bits per heavy atom. The first-order chi connectivity index (χ1) is 8.84. The summed E-state index contributed by atoms with van der Waals surface area (Å²) in [7, 11) is 0. The SMILES string of the molecule is CC(C)COC1CC(NCCOCC(N)=O)C1(C)C. The lowest BCUT2D eigenvalue weighted by atomic mass is 9.64. The summed E-state index contributed by atoms with van der Waals surface area (Å²) >= 11 is 0. The van der Waals surface area contributed by atoms with Gasteiger partial charge >= 0.3 is 0 Å². The normalized spacial score (nSPS) is 25.3. The minimum Gasteiger partial charge on any atom is -0.377 e. The third kappa shape index (κ3) is 5.09. The summed E-state index contributed by atoms with van der Waals surface area (Å²) in [4.78, 5) is 10.5. The molecule has 3 N–H and O–H groups in total. The highest BCUT2D eigenvalue weighted by molar-refractivity contribution is 5.74. The van der Waals surface area contributed by atoms with Crippen LogP contribution in [0.15, 0.2) is 0 Å². The number of amides is 1. The van der Waals surface area contributed by atoms with Crippen LogP contribution in [0.5, 0.6) is 0 Å². The molecule has 5 nitrogen and oxygen atoms in total. The van der Waals surface area contributed by atoms with Crippen LogP contribution in [0, 0.1) is 11.3 Å². The van der Waals surface area contributed by atoms with E-state index in [1.165, 1.54) is 0 Å². The smallest absolute Gasteiger partial charge is 0.243 e. The first-order valence-electron chi connectivity index (χ1n) is 7.05. The fourth-order valence-electron chi connectivity index (χ4n) is 2.30. The zero-order valence-electron chi connectivity index (χ0n) is 12.6. The van der Waals surface area contributed by atoms with Gasteiger partial charge in [-0.25, -0.2) is 0 Å². The van der Waals surface area contributed by atoms with E-state index in [4.69, 9.17) is 15.2 Å². The minimum absolute atomic E-state index is 0.00410. The van der Waals surface area contributed by atoms with E-state index in [1.54, 1.807) is 0 Å². The van der Waals surface area contributed by atoms with E-state index in [-0.39, 0.29) is 12.0 Å². The van der Waals surface area contributed by atoms with Crippen molar-refractivity contribution in [1.82, 2.24) is 5.32 Å². The molecule has 1 saturated carbocycles. The summed E-state index contributed by atoms with van der Waals surface area (Å²) in [5, 5.41) is 3.44. The van der Waals surface area contributed by atoms with Crippen molar-refractivity contribution in [3.05, 3.63) is 0 Å². The van der Waals surface area contributed by atoms with Crippen molar-refractivity contribution in [3.63, 3.8) is 0 Å². The predicted molar refractivity (Wildman–Crippen MR) is 74.8 cm³/mol. The molecule has 0 bridgehead atoms. The molecular weight excluding hydrogens is 244 g/mol. The molecule has 0 aromatic heterocycles. The number of nitrogens with two attached hydrogens (primary N) is 1. The van der Waals surface area contributed by atoms with Crippen LogP contribution in [0.2, 0.25) is 0 Å². The molecular formula is C14H28N2O3. The van der Waals surface area contributed by atoms with Crippen molar-refractivity contribution < 1.29 is 14.3 Å². The Morgan fingerprint density at radius 2 is 2.16 bits per heavy atom. The third-order valence-corrected chi connectivity index (χ3v) is 3.69. The van der Waals surface area contributed by atoms with Gasteiger partial charge in [0.25, 0.3) is 0 Å². The average Bonchev–Trinajstić information content (AvgIpc) is 2.29. The monoisotopic (exact) mass is 272 g/mol. The quantitative estimate of drug-likeness (QED) is 0.612. The molecule has 1 fully saturated rings. The Hall–Kier alpha value is -0.650. The highest BCUT2D eigenvalue weighted by atomic mass is 16.5. The molecule has 0 aromatic rings. The second kappa shape index (κ2) is 7.22. The van der Waals surface area contributed by atoms with Crippen LogP contribution in [0.25, 0.3) is 0 Å². The van der Waals surface area contributed by atoms with E-state index < -0.39 is 5.91 Å². The molecule has 5 heteroatoms. The Morgan fingerprint density at radius 1 is 1.47 bits per heavy atom. The molecule has 1 aliphatic rings. The van der Waals surface area contributed by atoms with Crippen LogP contribution >= 0.6 is 0 Å². The van der Waals surface area contributed by atoms with Crippen molar-refractivity contribution in [2.45, 2.75) is 46.3 Å². The lowest BCUT2D eigenvalue weighted by Crippen LogP contribution is -2.61. The maximum atomic E-state index is 10.5. The highest BCUT2D eigenvalue weighted by Crippen LogP contribution is 2.42. The topological polar surface area (TPSA) is 73.6 Å². The van der Waals surface area contributed by atoms with Gasteiger partial charge in [-0.3, -0.25) is 4.79 Å². The second-order valence-corrected chi connectivity index (χ2v) is 6.30. The van der Waals surface area contributed by atoms with Gasteiger partial charge in [-0.1, -0.05) is 27.7 Å². The van der Waals surface area contributed by atoms with Crippen LogP contribution in [-0.4, -0.2) is 44.4 Å². The lowest BCUT2D eigenvalue weighted by Gasteiger charge is -2.52. The Bertz CT molecular complexity index is 292. The van der Waals surface area contributed by atoms with Gasteiger partial charge in [-0.05, 0) is 12.3 Å². The Kier molecular flexibility index (Phi) is 6.23. The number of ether oxygens (including phenoxy) is 2. The zero-order chi connectivity index (χ0) is 14.5. The number of primary amides is 1. The maximum absolute atomic E-state index is 10.5. The van der Waals surface area contributed by atoms with Crippen molar-refractivity contribution in [2.24, 2.45) is 17.1 Å². The summed E-state index contributed by atoms with van der Waals surface area (Å²) in [5.74, 6) is 0.149. The molecule has 2 atom stereocenters. The number of hydrogen-bond acceptors (Lipinski definition) is 4. The standard InChI is InChI=1S/C14H28N2O3/c1-10(2)8-19-12-7-11(14(12,3)4)16-5-6-18-9-13(15)17/h10-12,16H,5-9H2,1-4H3,(H2,15,17). The molecule has 0 radical (unpaired) electrons. The fourth-order valence-corrected chi connectivity index (χ4v) is 2.30. The van der Waals surface area contributed by atoms with Crippen molar-refractivity contribution in [3.8, 4) is 0 Å². The summed E-state index contributed by atoms with van der Waals surface area (Å²) in [5.41, 5.74) is 5.14. The molecule has 1 rings (SSSR count). The molecule has 1 aliphatic carbocycles. The molecule has 1 amide bonds. The van der Waals surface area contributed by atoms with Crippen LogP contribution in [0.3, 0.4) is 0 Å². The van der Waals surface area contributed by atoms with Crippen LogP contribution < -0.4 is 11.1 Å². The van der Waals surface area contributed by atoms with E-state index >= 15 is 0 Å². The van der Waals surface area contributed by atoms with Crippen molar-refractivity contribution in [2.75, 3.05) is 26.4 Å². The van der Waals surface area contributed by atoms with Crippen molar-refractivity contribution in [1.29, 1.82) is 0 Å². The van der Waals surface area contributed by atoms with Gasteiger partial charge in [-0.2, -0.15) is 0 Å². The van der Waals surface area contributed by atoms with Gasteiger partial charge < -0.3 is 20.5 Å². The summed E-state index contributed by atoms with van der Waals surface area (Å²) in [6, 6.07) is 0.446. The maximum Gasteiger partial charge on any atom is 0.243 e. The molecule has 0 spiro atoms. The molecule has 0 saturated heterocycles. The lowest BCUT2D eigenvalue weighted by molar-refractivity contribution is -0.126. The third-order valence-electron chi connectivity index (χ3n) is 3.69. The number of carbonyl (C=O) groups is 1. The number of hydrogen-bond donors (Lipinski definition) is 2. The first kappa shape index (κ1) is 16.4. The summed E-state index contributed by atoms with van der Waals surface area (Å²) < 4.78 is 11.0. The second-order valence-electron chi connectivity index (χ2n) is 6.30. The molecule has 0 aromatic carbocycles. The molecule has 0 aliphatic heterocycles. The Labute approximate surface area is 116 Å². The molecule has 2 unspecified atom stereocenters. The minimum atomic E-state index is -0.425. The van der Waals surface area contributed by atoms with Gasteiger partial charge in [-0.15, -0.1) is 0 Å².